The van der Waals surface area contributed by atoms with E-state index in [4.69, 9.17) is 19.9 Å². The molecule has 0 aliphatic carbocycles. The van der Waals surface area contributed by atoms with E-state index in [0.29, 0.717) is 37.7 Å². The van der Waals surface area contributed by atoms with Crippen LogP contribution in [0.3, 0.4) is 0 Å². The Hall–Kier alpha value is -4.03. The van der Waals surface area contributed by atoms with Gasteiger partial charge in [-0.15, -0.1) is 0 Å². The van der Waals surface area contributed by atoms with Crippen molar-refractivity contribution < 1.29 is 19.0 Å². The average molecular weight is 476 g/mol. The molecule has 1 fully saturated rings. The van der Waals surface area contributed by atoms with Crippen molar-refractivity contribution in [2.75, 3.05) is 32.0 Å². The normalized spacial score (nSPS) is 16.3. The molecule has 9 nitrogen and oxygen atoms in total. The van der Waals surface area contributed by atoms with Crippen LogP contribution in [0.2, 0.25) is 0 Å². The monoisotopic (exact) mass is 475 g/mol. The fourth-order valence-corrected chi connectivity index (χ4v) is 3.78. The van der Waals surface area contributed by atoms with Gasteiger partial charge in [-0.3, -0.25) is 0 Å². The van der Waals surface area contributed by atoms with Crippen molar-refractivity contribution in [1.82, 2.24) is 14.7 Å². The molecule has 1 aliphatic rings. The summed E-state index contributed by atoms with van der Waals surface area (Å²) in [5, 5.41) is 14.5. The lowest BCUT2D eigenvalue weighted by molar-refractivity contribution is 0.0234. The zero-order valence-corrected chi connectivity index (χ0v) is 20.1. The number of para-hydroxylation sites is 1. The lowest BCUT2D eigenvalue weighted by Crippen LogP contribution is -2.40. The van der Waals surface area contributed by atoms with E-state index in [1.54, 1.807) is 9.58 Å². The molecule has 0 bridgehead atoms. The number of anilines is 1. The van der Waals surface area contributed by atoms with E-state index in [-0.39, 0.29) is 17.4 Å². The standard InChI is InChI=1S/C26H29N5O4/c1-26(2,3)35-25(32)30-13-14-33-17-19(16-30)31-24(28)22(15-27)23(29-31)18-9-11-21(12-10-18)34-20-7-5-4-6-8-20/h4-12,19H,13-14,16-17,28H2,1-3H3. The van der Waals surface area contributed by atoms with Gasteiger partial charge in [0.1, 0.15) is 40.2 Å². The number of carbonyl (C=O) groups excluding carboxylic acids is 1. The van der Waals surface area contributed by atoms with E-state index in [9.17, 15) is 10.1 Å². The minimum Gasteiger partial charge on any atom is -0.457 e. The van der Waals surface area contributed by atoms with Crippen molar-refractivity contribution in [3.05, 3.63) is 60.2 Å². The average Bonchev–Trinajstić information content (AvgIpc) is 2.98. The number of nitriles is 1. The van der Waals surface area contributed by atoms with Crippen molar-refractivity contribution in [3.63, 3.8) is 0 Å². The molecule has 2 aromatic carbocycles. The molecule has 0 saturated carbocycles. The Labute approximate surface area is 204 Å². The molecule has 35 heavy (non-hydrogen) atoms. The molecule has 1 aliphatic heterocycles. The number of hydrogen-bond donors (Lipinski definition) is 1. The first kappa shape index (κ1) is 24.1. The molecule has 1 saturated heterocycles. The molecule has 182 valence electrons. The van der Waals surface area contributed by atoms with E-state index in [1.807, 2.05) is 75.4 Å². The van der Waals surface area contributed by atoms with E-state index in [1.165, 1.54) is 0 Å². The number of aromatic nitrogens is 2. The van der Waals surface area contributed by atoms with Gasteiger partial charge >= 0.3 is 6.09 Å². The summed E-state index contributed by atoms with van der Waals surface area (Å²) in [7, 11) is 0. The predicted octanol–water partition coefficient (Wildman–Crippen LogP) is 4.60. The molecule has 2 N–H and O–H groups in total. The molecule has 1 amide bonds. The van der Waals surface area contributed by atoms with Crippen molar-refractivity contribution in [3.8, 4) is 28.8 Å². The summed E-state index contributed by atoms with van der Waals surface area (Å²) in [6.07, 6.45) is -0.423. The molecule has 0 radical (unpaired) electrons. The zero-order chi connectivity index (χ0) is 25.0. The van der Waals surface area contributed by atoms with Gasteiger partial charge in [0.15, 0.2) is 0 Å². The molecule has 0 spiro atoms. The van der Waals surface area contributed by atoms with Gasteiger partial charge in [-0.05, 0) is 57.2 Å². The maximum Gasteiger partial charge on any atom is 0.410 e. The van der Waals surface area contributed by atoms with Gasteiger partial charge in [0.25, 0.3) is 0 Å². The van der Waals surface area contributed by atoms with E-state index < -0.39 is 11.7 Å². The van der Waals surface area contributed by atoms with E-state index >= 15 is 0 Å². The molecule has 3 aromatic rings. The number of carbonyl (C=O) groups is 1. The van der Waals surface area contributed by atoms with Crippen LogP contribution in [0.5, 0.6) is 11.5 Å². The quantitative estimate of drug-likeness (QED) is 0.586. The number of ether oxygens (including phenoxy) is 3. The third kappa shape index (κ3) is 5.73. The first-order valence-electron chi connectivity index (χ1n) is 11.4. The zero-order valence-electron chi connectivity index (χ0n) is 20.1. The molecular formula is C26H29N5O4. The highest BCUT2D eigenvalue weighted by molar-refractivity contribution is 5.73. The molecule has 2 heterocycles. The first-order valence-corrected chi connectivity index (χ1v) is 11.4. The van der Waals surface area contributed by atoms with Crippen molar-refractivity contribution >= 4 is 11.9 Å². The first-order chi connectivity index (χ1) is 16.7. The van der Waals surface area contributed by atoms with Crippen LogP contribution in [0.1, 0.15) is 32.4 Å². The Balaban J connectivity index is 1.58. The Morgan fingerprint density at radius 1 is 1.14 bits per heavy atom. The topological polar surface area (TPSA) is 116 Å². The van der Waals surface area contributed by atoms with Crippen LogP contribution in [-0.2, 0) is 9.47 Å². The number of hydrogen-bond acceptors (Lipinski definition) is 7. The fourth-order valence-electron chi connectivity index (χ4n) is 3.78. The highest BCUT2D eigenvalue weighted by Crippen LogP contribution is 2.31. The van der Waals surface area contributed by atoms with Gasteiger partial charge in [0.05, 0.1) is 19.3 Å². The van der Waals surface area contributed by atoms with Crippen LogP contribution in [-0.4, -0.2) is 52.7 Å². The van der Waals surface area contributed by atoms with Gasteiger partial charge in [-0.25, -0.2) is 9.48 Å². The van der Waals surface area contributed by atoms with Gasteiger partial charge in [-0.1, -0.05) is 18.2 Å². The molecule has 9 heteroatoms. The third-order valence-corrected chi connectivity index (χ3v) is 5.41. The molecule has 1 aromatic heterocycles. The summed E-state index contributed by atoms with van der Waals surface area (Å²) in [5.74, 6) is 1.62. The van der Waals surface area contributed by atoms with E-state index in [0.717, 1.165) is 11.3 Å². The Bertz CT molecular complexity index is 1210. The third-order valence-electron chi connectivity index (χ3n) is 5.41. The smallest absolute Gasteiger partial charge is 0.410 e. The number of nitrogens with zero attached hydrogens (tertiary/aromatic N) is 4. The summed E-state index contributed by atoms with van der Waals surface area (Å²) in [6.45, 7) is 6.84. The van der Waals surface area contributed by atoms with Crippen LogP contribution < -0.4 is 10.5 Å². The van der Waals surface area contributed by atoms with E-state index in [2.05, 4.69) is 11.2 Å². The van der Waals surface area contributed by atoms with Gasteiger partial charge in [0.2, 0.25) is 0 Å². The molecule has 1 unspecified atom stereocenters. The Morgan fingerprint density at radius 2 is 1.83 bits per heavy atom. The minimum atomic E-state index is -0.609. The summed E-state index contributed by atoms with van der Waals surface area (Å²) in [5.41, 5.74) is 7.21. The second-order valence-electron chi connectivity index (χ2n) is 9.26. The van der Waals surface area contributed by atoms with Gasteiger partial charge in [0, 0.05) is 18.7 Å². The predicted molar refractivity (Wildman–Crippen MR) is 131 cm³/mol. The van der Waals surface area contributed by atoms with Crippen LogP contribution in [0, 0.1) is 11.3 Å². The summed E-state index contributed by atoms with van der Waals surface area (Å²) >= 11 is 0. The van der Waals surface area contributed by atoms with Crippen molar-refractivity contribution in [2.45, 2.75) is 32.4 Å². The second kappa shape index (κ2) is 10.1. The number of nitrogen functional groups attached to an aromatic ring is 1. The highest BCUT2D eigenvalue weighted by Gasteiger charge is 2.30. The molecular weight excluding hydrogens is 446 g/mol. The second-order valence-corrected chi connectivity index (χ2v) is 9.26. The number of amides is 1. The lowest BCUT2D eigenvalue weighted by atomic mass is 10.1. The number of nitrogens with two attached hydrogens (primary N) is 1. The van der Waals surface area contributed by atoms with Gasteiger partial charge in [-0.2, -0.15) is 10.4 Å². The van der Waals surface area contributed by atoms with Crippen LogP contribution >= 0.6 is 0 Å². The number of benzene rings is 2. The minimum absolute atomic E-state index is 0.228. The van der Waals surface area contributed by atoms with Crippen LogP contribution in [0.25, 0.3) is 11.3 Å². The largest absolute Gasteiger partial charge is 0.457 e. The Morgan fingerprint density at radius 3 is 2.49 bits per heavy atom. The Kier molecular flexibility index (Phi) is 6.94. The van der Waals surface area contributed by atoms with Crippen molar-refractivity contribution in [2.24, 2.45) is 0 Å². The van der Waals surface area contributed by atoms with Crippen LogP contribution in [0.4, 0.5) is 10.6 Å². The molecule has 4 rings (SSSR count). The van der Waals surface area contributed by atoms with Crippen LogP contribution in [0.15, 0.2) is 54.6 Å². The maximum absolute atomic E-state index is 12.7. The molecule has 1 atom stereocenters. The highest BCUT2D eigenvalue weighted by atomic mass is 16.6. The van der Waals surface area contributed by atoms with Crippen molar-refractivity contribution in [1.29, 1.82) is 5.26 Å². The summed E-state index contributed by atoms with van der Waals surface area (Å²) < 4.78 is 18.7. The SMILES string of the molecule is CC(C)(C)OC(=O)N1CCOCC(n2nc(-c3ccc(Oc4ccccc4)cc3)c(C#N)c2N)C1. The van der Waals surface area contributed by atoms with Gasteiger partial charge < -0.3 is 24.8 Å². The fraction of sp³-hybridized carbons (Fsp3) is 0.346. The summed E-state index contributed by atoms with van der Waals surface area (Å²) in [6, 6.07) is 18.6. The lowest BCUT2D eigenvalue weighted by Gasteiger charge is -2.28. The number of rotatable bonds is 4. The maximum atomic E-state index is 12.7. The summed E-state index contributed by atoms with van der Waals surface area (Å²) in [4.78, 5) is 14.3.